The number of methoxy groups -OCH3 is 2. The fraction of sp³-hybridized carbons (Fsp3) is 0.543. The van der Waals surface area contributed by atoms with Crippen molar-refractivity contribution in [2.45, 2.75) is 103 Å². The van der Waals surface area contributed by atoms with Gasteiger partial charge in [0, 0.05) is 6.42 Å². The first kappa shape index (κ1) is 38.3. The van der Waals surface area contributed by atoms with E-state index in [1.165, 1.54) is 0 Å². The summed E-state index contributed by atoms with van der Waals surface area (Å²) in [5.41, 5.74) is 1.56. The van der Waals surface area contributed by atoms with Crippen LogP contribution in [0.2, 0.25) is 16.6 Å². The van der Waals surface area contributed by atoms with E-state index in [1.807, 2.05) is 30.3 Å². The second kappa shape index (κ2) is 16.9. The Morgan fingerprint density at radius 2 is 1.56 bits per heavy atom. The number of benzene rings is 1. The van der Waals surface area contributed by atoms with Gasteiger partial charge >= 0.3 is 23.9 Å². The van der Waals surface area contributed by atoms with Gasteiger partial charge in [-0.25, -0.2) is 19.2 Å². The molecule has 0 radical (unpaired) electrons. The van der Waals surface area contributed by atoms with Crippen molar-refractivity contribution in [3.63, 3.8) is 0 Å². The number of nitrogens with one attached hydrogen (secondary N) is 2. The molecule has 0 saturated heterocycles. The first-order chi connectivity index (χ1) is 23.8. The number of ether oxygens (including phenoxy) is 3. The Kier molecular flexibility index (Phi) is 13.0. The standard InChI is InChI=1S/C35H49N5O9Si/c1-21(2)50(22(3)4,23(5)6)48-20-25-14-15-28-29(32(41)45-7)30(33(42)46-8)31(49-28)34(43)47-19-27-18-40(39-38-27)17-26(37-35(44)36-25)16-24-12-10-9-11-13-24/h9-13,18,21-23,25-26H,14-17,19-20H2,1-8H3,(H2,36,37,44)/t25-,26?/m0/s1. The van der Waals surface area contributed by atoms with Crippen LogP contribution in [0.1, 0.15) is 96.3 Å². The molecule has 2 N–H and O–H groups in total. The minimum Gasteiger partial charge on any atom is -0.465 e. The van der Waals surface area contributed by atoms with Crippen LogP contribution in [0.5, 0.6) is 0 Å². The third kappa shape index (κ3) is 8.80. The minimum atomic E-state index is -2.36. The Morgan fingerprint density at radius 3 is 2.18 bits per heavy atom. The van der Waals surface area contributed by atoms with Crippen molar-refractivity contribution in [1.29, 1.82) is 0 Å². The molecular formula is C35H49N5O9Si. The predicted octanol–water partition coefficient (Wildman–Crippen LogP) is 5.22. The highest BCUT2D eigenvalue weighted by Gasteiger charge is 2.45. The maximum absolute atomic E-state index is 13.8. The quantitative estimate of drug-likeness (QED) is 0.160. The zero-order valence-corrected chi connectivity index (χ0v) is 31.1. The van der Waals surface area contributed by atoms with Crippen molar-refractivity contribution in [3.8, 4) is 0 Å². The maximum Gasteiger partial charge on any atom is 0.375 e. The van der Waals surface area contributed by atoms with Gasteiger partial charge in [0.1, 0.15) is 29.2 Å². The monoisotopic (exact) mass is 711 g/mol. The van der Waals surface area contributed by atoms with Gasteiger partial charge in [0.05, 0.1) is 45.7 Å². The van der Waals surface area contributed by atoms with E-state index in [-0.39, 0.29) is 50.0 Å². The predicted molar refractivity (Wildman–Crippen MR) is 185 cm³/mol. The van der Waals surface area contributed by atoms with Gasteiger partial charge in [0.25, 0.3) is 0 Å². The number of hydrogen-bond acceptors (Lipinski definition) is 11. The lowest BCUT2D eigenvalue weighted by molar-refractivity contribution is 0.0414. The molecule has 50 heavy (non-hydrogen) atoms. The average molecular weight is 712 g/mol. The molecule has 272 valence electrons. The summed E-state index contributed by atoms with van der Waals surface area (Å²) in [4.78, 5) is 53.2. The summed E-state index contributed by atoms with van der Waals surface area (Å²) in [6, 6.07) is 8.40. The molecule has 0 aliphatic carbocycles. The van der Waals surface area contributed by atoms with E-state index in [1.54, 1.807) is 10.9 Å². The number of urea groups is 1. The second-order valence-electron chi connectivity index (χ2n) is 13.5. The fourth-order valence-electron chi connectivity index (χ4n) is 7.06. The highest BCUT2D eigenvalue weighted by atomic mass is 28.4. The minimum absolute atomic E-state index is 0.00806. The van der Waals surface area contributed by atoms with Crippen LogP contribution in [0.25, 0.3) is 0 Å². The van der Waals surface area contributed by atoms with Gasteiger partial charge in [-0.2, -0.15) is 0 Å². The zero-order valence-electron chi connectivity index (χ0n) is 30.1. The summed E-state index contributed by atoms with van der Waals surface area (Å²) in [5.74, 6) is -3.37. The largest absolute Gasteiger partial charge is 0.465 e. The lowest BCUT2D eigenvalue weighted by Crippen LogP contribution is -2.53. The molecule has 4 rings (SSSR count). The number of carbonyl (C=O) groups is 4. The number of aromatic nitrogens is 3. The van der Waals surface area contributed by atoms with Crippen molar-refractivity contribution in [2.75, 3.05) is 20.8 Å². The number of cyclic esters (lactones) is 1. The molecule has 1 aliphatic rings. The van der Waals surface area contributed by atoms with Crippen LogP contribution in [-0.2, 0) is 44.6 Å². The van der Waals surface area contributed by atoms with Gasteiger partial charge in [0.2, 0.25) is 5.76 Å². The van der Waals surface area contributed by atoms with Crippen LogP contribution >= 0.6 is 0 Å². The normalized spacial score (nSPS) is 17.6. The Labute approximate surface area is 293 Å². The zero-order chi connectivity index (χ0) is 36.6. The summed E-state index contributed by atoms with van der Waals surface area (Å²) in [6.45, 7) is 13.2. The lowest BCUT2D eigenvalue weighted by Gasteiger charge is -2.43. The van der Waals surface area contributed by atoms with Crippen molar-refractivity contribution < 1.29 is 42.2 Å². The van der Waals surface area contributed by atoms with E-state index in [2.05, 4.69) is 62.5 Å². The number of amides is 2. The molecule has 4 bridgehead atoms. The number of aryl methyl sites for hydroxylation is 1. The van der Waals surface area contributed by atoms with Gasteiger partial charge < -0.3 is 33.7 Å². The SMILES string of the molecule is COC(=O)c1c2oc(c1C(=O)OC)C(=O)OCc1cn(nn1)CC(Cc1ccccc1)NC(=O)N[C@H](CO[Si](C(C)C)(C(C)C)C(C)C)CC2. The van der Waals surface area contributed by atoms with Gasteiger partial charge in [-0.3, -0.25) is 4.68 Å². The first-order valence-corrected chi connectivity index (χ1v) is 19.1. The topological polar surface area (TPSA) is 173 Å². The van der Waals surface area contributed by atoms with Crippen LogP contribution in [0.4, 0.5) is 4.79 Å². The number of esters is 3. The highest BCUT2D eigenvalue weighted by Crippen LogP contribution is 2.42. The number of rotatable bonds is 10. The van der Waals surface area contributed by atoms with Crippen LogP contribution < -0.4 is 10.6 Å². The van der Waals surface area contributed by atoms with Crippen molar-refractivity contribution in [1.82, 2.24) is 25.6 Å². The number of carbonyl (C=O) groups excluding carboxylic acids is 4. The first-order valence-electron chi connectivity index (χ1n) is 16.9. The van der Waals surface area contributed by atoms with E-state index < -0.39 is 49.6 Å². The van der Waals surface area contributed by atoms with Gasteiger partial charge in [0.15, 0.2) is 8.32 Å². The van der Waals surface area contributed by atoms with E-state index in [4.69, 9.17) is 23.1 Å². The molecule has 2 atom stereocenters. The van der Waals surface area contributed by atoms with Gasteiger partial charge in [-0.1, -0.05) is 77.1 Å². The molecular weight excluding hydrogens is 662 g/mol. The summed E-state index contributed by atoms with van der Waals surface area (Å²) in [7, 11) is -0.0821. The fourth-order valence-corrected chi connectivity index (χ4v) is 12.5. The molecule has 2 amide bonds. The summed E-state index contributed by atoms with van der Waals surface area (Å²) in [5, 5.41) is 14.5. The van der Waals surface area contributed by atoms with Crippen LogP contribution in [-0.4, -0.2) is 80.2 Å². The van der Waals surface area contributed by atoms with Gasteiger partial charge in [-0.15, -0.1) is 5.10 Å². The molecule has 15 heteroatoms. The molecule has 0 saturated carbocycles. The van der Waals surface area contributed by atoms with E-state index in [9.17, 15) is 19.2 Å². The second-order valence-corrected chi connectivity index (χ2v) is 18.9. The van der Waals surface area contributed by atoms with E-state index >= 15 is 0 Å². The van der Waals surface area contributed by atoms with Crippen molar-refractivity contribution in [3.05, 3.63) is 70.4 Å². The Hall–Kier alpha value is -4.50. The maximum atomic E-state index is 13.8. The van der Waals surface area contributed by atoms with Crippen molar-refractivity contribution >= 4 is 32.3 Å². The van der Waals surface area contributed by atoms with Crippen LogP contribution in [0.3, 0.4) is 0 Å². The number of nitrogens with zero attached hydrogens (tertiary/aromatic N) is 3. The Bertz CT molecular complexity index is 1610. The Balaban J connectivity index is 1.76. The molecule has 3 heterocycles. The third-order valence-corrected chi connectivity index (χ3v) is 15.3. The summed E-state index contributed by atoms with van der Waals surface area (Å²) < 4.78 is 29.7. The highest BCUT2D eigenvalue weighted by molar-refractivity contribution is 6.77. The number of hydrogen-bond donors (Lipinski definition) is 2. The molecule has 14 nitrogen and oxygen atoms in total. The smallest absolute Gasteiger partial charge is 0.375 e. The molecule has 1 aromatic carbocycles. The number of fused-ring (bicyclic) bond motifs is 4. The molecule has 2 aromatic heterocycles. The lowest BCUT2D eigenvalue weighted by atomic mass is 10.0. The third-order valence-electron chi connectivity index (χ3n) is 9.25. The molecule has 3 aromatic rings. The molecule has 1 unspecified atom stereocenters. The van der Waals surface area contributed by atoms with E-state index in [0.29, 0.717) is 28.7 Å². The van der Waals surface area contributed by atoms with Crippen LogP contribution in [0.15, 0.2) is 40.9 Å². The number of furan rings is 1. The molecule has 0 spiro atoms. The molecule has 1 aliphatic heterocycles. The van der Waals surface area contributed by atoms with E-state index in [0.717, 1.165) is 19.8 Å². The summed E-state index contributed by atoms with van der Waals surface area (Å²) in [6.07, 6.45) is 2.38. The average Bonchev–Trinajstić information content (AvgIpc) is 3.69. The summed E-state index contributed by atoms with van der Waals surface area (Å²) >= 11 is 0. The van der Waals surface area contributed by atoms with Crippen molar-refractivity contribution in [2.24, 2.45) is 0 Å². The van der Waals surface area contributed by atoms with Gasteiger partial charge in [-0.05, 0) is 35.0 Å². The van der Waals surface area contributed by atoms with Crippen LogP contribution in [0, 0.1) is 0 Å². The molecule has 0 fully saturated rings. The Morgan fingerprint density at radius 1 is 0.940 bits per heavy atom.